The van der Waals surface area contributed by atoms with Crippen LogP contribution in [0, 0.1) is 5.82 Å². The predicted octanol–water partition coefficient (Wildman–Crippen LogP) is 4.65. The van der Waals surface area contributed by atoms with E-state index in [0.29, 0.717) is 81.5 Å². The van der Waals surface area contributed by atoms with Crippen molar-refractivity contribution in [2.45, 2.75) is 51.0 Å². The second-order valence-corrected chi connectivity index (χ2v) is 11.7. The van der Waals surface area contributed by atoms with Crippen molar-refractivity contribution in [3.8, 4) is 17.2 Å². The first kappa shape index (κ1) is 33.2. The number of likely N-dealkylation sites (tertiary alicyclic amines) is 1. The number of hydrogen-bond donors (Lipinski definition) is 1. The zero-order valence-electron chi connectivity index (χ0n) is 26.8. The van der Waals surface area contributed by atoms with E-state index in [1.165, 1.54) is 12.1 Å². The van der Waals surface area contributed by atoms with Crippen LogP contribution in [-0.4, -0.2) is 79.3 Å². The molecule has 246 valence electrons. The number of amides is 2. The normalized spacial score (nSPS) is 19.5. The van der Waals surface area contributed by atoms with Crippen LogP contribution < -0.4 is 19.9 Å². The number of carbonyl (C=O) groups excluding carboxylic acids is 2. The minimum atomic E-state index is -0.859. The van der Waals surface area contributed by atoms with Crippen molar-refractivity contribution >= 4 is 11.8 Å². The summed E-state index contributed by atoms with van der Waals surface area (Å²) in [4.78, 5) is 34.8. The van der Waals surface area contributed by atoms with Crippen LogP contribution in [0.1, 0.15) is 61.5 Å². The number of hydrogen-bond acceptors (Lipinski definition) is 8. The van der Waals surface area contributed by atoms with Gasteiger partial charge in [0.25, 0.3) is 5.91 Å². The Balaban J connectivity index is 1.35. The molecule has 2 aliphatic rings. The fourth-order valence-corrected chi connectivity index (χ4v) is 6.47. The van der Waals surface area contributed by atoms with Crippen LogP contribution in [-0.2, 0) is 20.5 Å². The van der Waals surface area contributed by atoms with E-state index in [0.717, 1.165) is 11.1 Å². The van der Waals surface area contributed by atoms with Gasteiger partial charge in [0.2, 0.25) is 11.7 Å². The first-order valence-electron chi connectivity index (χ1n) is 15.9. The summed E-state index contributed by atoms with van der Waals surface area (Å²) in [5, 5.41) is 0. The Morgan fingerprint density at radius 1 is 0.957 bits per heavy atom. The highest BCUT2D eigenvalue weighted by Crippen LogP contribution is 2.42. The van der Waals surface area contributed by atoms with Crippen LogP contribution in [0.3, 0.4) is 0 Å². The van der Waals surface area contributed by atoms with E-state index in [9.17, 15) is 14.0 Å². The van der Waals surface area contributed by atoms with Crippen LogP contribution in [0.15, 0.2) is 60.9 Å². The van der Waals surface area contributed by atoms with E-state index >= 15 is 0 Å². The van der Waals surface area contributed by atoms with Gasteiger partial charge in [0.15, 0.2) is 11.5 Å². The summed E-state index contributed by atoms with van der Waals surface area (Å²) in [6.07, 6.45) is 5.11. The Labute approximate surface area is 269 Å². The Hall–Kier alpha value is -4.22. The molecule has 2 saturated heterocycles. The fourth-order valence-electron chi connectivity index (χ4n) is 6.47. The van der Waals surface area contributed by atoms with Crippen molar-refractivity contribution in [1.29, 1.82) is 0 Å². The monoisotopic (exact) mass is 634 g/mol. The molecular weight excluding hydrogens is 591 g/mol. The molecule has 2 N–H and O–H groups in total. The van der Waals surface area contributed by atoms with E-state index in [4.69, 9.17) is 24.7 Å². The third kappa shape index (κ3) is 6.80. The molecule has 2 aliphatic heterocycles. The molecule has 2 aromatic carbocycles. The summed E-state index contributed by atoms with van der Waals surface area (Å²) >= 11 is 0. The molecule has 0 aliphatic carbocycles. The van der Waals surface area contributed by atoms with Crippen molar-refractivity contribution in [3.63, 3.8) is 0 Å². The SMILES string of the molecule is CCOc1cc(C(=O)N2COC(CCN3CCC(C(N)=O)(c4cccnc4)CC3)(c3ccc(F)cc3)C2)cc(OCC)c1OCC. The molecule has 5 rings (SSSR count). The minimum absolute atomic E-state index is 0.0587. The van der Waals surface area contributed by atoms with Crippen molar-refractivity contribution in [1.82, 2.24) is 14.8 Å². The zero-order chi connectivity index (χ0) is 32.7. The average Bonchev–Trinajstić information content (AvgIpc) is 3.51. The molecule has 46 heavy (non-hydrogen) atoms. The first-order valence-corrected chi connectivity index (χ1v) is 15.9. The van der Waals surface area contributed by atoms with Crippen LogP contribution in [0.4, 0.5) is 4.39 Å². The molecule has 0 bridgehead atoms. The van der Waals surface area contributed by atoms with Gasteiger partial charge in [-0.1, -0.05) is 18.2 Å². The third-order valence-electron chi connectivity index (χ3n) is 8.98. The van der Waals surface area contributed by atoms with E-state index in [1.807, 2.05) is 32.9 Å². The third-order valence-corrected chi connectivity index (χ3v) is 8.98. The van der Waals surface area contributed by atoms with E-state index in [-0.39, 0.29) is 30.9 Å². The number of aromatic nitrogens is 1. The Morgan fingerprint density at radius 3 is 2.17 bits per heavy atom. The molecule has 0 spiro atoms. The lowest BCUT2D eigenvalue weighted by atomic mass is 9.72. The smallest absolute Gasteiger partial charge is 0.256 e. The highest BCUT2D eigenvalue weighted by atomic mass is 19.1. The average molecular weight is 635 g/mol. The number of halogens is 1. The maximum atomic E-state index is 14.0. The lowest BCUT2D eigenvalue weighted by Gasteiger charge is -2.41. The van der Waals surface area contributed by atoms with Crippen LogP contribution in [0.5, 0.6) is 17.2 Å². The van der Waals surface area contributed by atoms with Gasteiger partial charge in [0, 0.05) is 24.5 Å². The molecule has 1 atom stereocenters. The van der Waals surface area contributed by atoms with Gasteiger partial charge in [0.05, 0.1) is 31.8 Å². The summed E-state index contributed by atoms with van der Waals surface area (Å²) in [5.41, 5.74) is 6.34. The molecule has 2 amide bonds. The van der Waals surface area contributed by atoms with Gasteiger partial charge in [0.1, 0.15) is 18.1 Å². The molecule has 1 unspecified atom stereocenters. The van der Waals surface area contributed by atoms with Gasteiger partial charge < -0.3 is 34.5 Å². The number of rotatable bonds is 13. The molecule has 0 saturated carbocycles. The maximum absolute atomic E-state index is 14.0. The number of pyridine rings is 1. The number of piperidine rings is 1. The van der Waals surface area contributed by atoms with Crippen LogP contribution >= 0.6 is 0 Å². The van der Waals surface area contributed by atoms with E-state index in [2.05, 4.69) is 9.88 Å². The Morgan fingerprint density at radius 2 is 1.61 bits per heavy atom. The quantitative estimate of drug-likeness (QED) is 0.289. The number of ether oxygens (including phenoxy) is 4. The molecular formula is C35H43FN4O6. The summed E-state index contributed by atoms with van der Waals surface area (Å²) < 4.78 is 37.9. The van der Waals surface area contributed by atoms with Gasteiger partial charge in [-0.25, -0.2) is 4.39 Å². The van der Waals surface area contributed by atoms with Gasteiger partial charge in [-0.2, -0.15) is 0 Å². The summed E-state index contributed by atoms with van der Waals surface area (Å²) in [5.74, 6) is 0.408. The summed E-state index contributed by atoms with van der Waals surface area (Å²) in [6, 6.07) is 13.4. The number of carbonyl (C=O) groups is 2. The van der Waals surface area contributed by atoms with E-state index in [1.54, 1.807) is 41.6 Å². The van der Waals surface area contributed by atoms with E-state index < -0.39 is 11.0 Å². The number of primary amides is 1. The summed E-state index contributed by atoms with van der Waals surface area (Å²) in [6.45, 7) is 9.10. The number of benzene rings is 2. The Kier molecular flexibility index (Phi) is 10.4. The van der Waals surface area contributed by atoms with Crippen LogP contribution in [0.2, 0.25) is 0 Å². The zero-order valence-corrected chi connectivity index (χ0v) is 26.8. The second kappa shape index (κ2) is 14.5. The predicted molar refractivity (Wildman–Crippen MR) is 170 cm³/mol. The number of nitrogens with two attached hydrogens (primary N) is 1. The van der Waals surface area contributed by atoms with Crippen LogP contribution in [0.25, 0.3) is 0 Å². The topological polar surface area (TPSA) is 116 Å². The molecule has 11 heteroatoms. The van der Waals surface area contributed by atoms with Gasteiger partial charge >= 0.3 is 0 Å². The van der Waals surface area contributed by atoms with Gasteiger partial charge in [-0.3, -0.25) is 14.6 Å². The minimum Gasteiger partial charge on any atom is -0.490 e. The molecule has 1 aromatic heterocycles. The Bertz CT molecular complexity index is 1470. The largest absolute Gasteiger partial charge is 0.490 e. The lowest BCUT2D eigenvalue weighted by molar-refractivity contribution is -0.125. The summed E-state index contributed by atoms with van der Waals surface area (Å²) in [7, 11) is 0. The van der Waals surface area contributed by atoms with Crippen molar-refractivity contribution < 1.29 is 32.9 Å². The highest BCUT2D eigenvalue weighted by Gasteiger charge is 2.45. The molecule has 2 fully saturated rings. The fraction of sp³-hybridized carbons (Fsp3) is 0.457. The molecule has 3 heterocycles. The highest BCUT2D eigenvalue weighted by molar-refractivity contribution is 5.96. The van der Waals surface area contributed by atoms with Gasteiger partial charge in [-0.05, 0) is 94.6 Å². The number of nitrogens with zero attached hydrogens (tertiary/aromatic N) is 3. The van der Waals surface area contributed by atoms with Crippen molar-refractivity contribution in [2.24, 2.45) is 5.73 Å². The standard InChI is InChI=1S/C35H43FN4O6/c1-4-43-29-20-25(21-30(44-5-2)31(29)45-6-3)32(41)40-23-35(46-24-40,26-9-11-28(36)12-10-26)15-19-39-17-13-34(14-18-39,33(37)42)27-8-7-16-38-22-27/h7-12,16,20-22H,4-6,13-15,17-19,23-24H2,1-3H3,(H2,37,42). The lowest BCUT2D eigenvalue weighted by Crippen LogP contribution is -2.51. The first-order chi connectivity index (χ1) is 22.2. The second-order valence-electron chi connectivity index (χ2n) is 11.7. The molecule has 0 radical (unpaired) electrons. The van der Waals surface area contributed by atoms with Gasteiger partial charge in [-0.15, -0.1) is 0 Å². The maximum Gasteiger partial charge on any atom is 0.256 e. The molecule has 10 nitrogen and oxygen atoms in total. The molecule has 3 aromatic rings. The van der Waals surface area contributed by atoms with Crippen molar-refractivity contribution in [3.05, 3.63) is 83.4 Å². The van der Waals surface area contributed by atoms with Crippen molar-refractivity contribution in [2.75, 3.05) is 52.7 Å².